The molecule has 0 spiro atoms. The van der Waals surface area contributed by atoms with Crippen molar-refractivity contribution in [2.24, 2.45) is 0 Å². The molecule has 2 rings (SSSR count). The molecule has 0 saturated heterocycles. The van der Waals surface area contributed by atoms with E-state index in [0.29, 0.717) is 17.3 Å². The first-order valence-electron chi connectivity index (χ1n) is 5.16. The zero-order valence-electron chi connectivity index (χ0n) is 9.21. The van der Waals surface area contributed by atoms with Crippen molar-refractivity contribution in [3.63, 3.8) is 0 Å². The molecule has 3 N–H and O–H groups in total. The summed E-state index contributed by atoms with van der Waals surface area (Å²) < 4.78 is 0. The fourth-order valence-corrected chi connectivity index (χ4v) is 1.73. The molecule has 18 heavy (non-hydrogen) atoms. The van der Waals surface area contributed by atoms with Crippen molar-refractivity contribution in [1.82, 2.24) is 10.3 Å². The summed E-state index contributed by atoms with van der Waals surface area (Å²) in [6.07, 6.45) is 0. The monoisotopic (exact) mass is 284 g/mol. The number of benzene rings is 1. The summed E-state index contributed by atoms with van der Waals surface area (Å²) in [7, 11) is 0. The summed E-state index contributed by atoms with van der Waals surface area (Å²) in [6, 6.07) is 8.04. The highest BCUT2D eigenvalue weighted by Gasteiger charge is 2.10. The second kappa shape index (κ2) is 5.33. The minimum Gasteiger partial charge on any atom is -0.508 e. The standard InChI is InChI=1S/C12H10Cl2N2O2/c13-9-5-10(16-11(9)14)12(18)15-6-7-1-3-8(17)4-2-7/h1-5,16-17H,6H2,(H,15,18). The number of rotatable bonds is 3. The molecule has 0 bridgehead atoms. The van der Waals surface area contributed by atoms with Crippen molar-refractivity contribution in [3.05, 3.63) is 51.8 Å². The summed E-state index contributed by atoms with van der Waals surface area (Å²) in [5.74, 6) is -0.107. The van der Waals surface area contributed by atoms with Gasteiger partial charge >= 0.3 is 0 Å². The van der Waals surface area contributed by atoms with Crippen LogP contribution in [0, 0.1) is 0 Å². The van der Waals surface area contributed by atoms with Gasteiger partial charge in [-0.05, 0) is 23.8 Å². The van der Waals surface area contributed by atoms with E-state index in [1.54, 1.807) is 24.3 Å². The average molecular weight is 285 g/mol. The molecule has 0 aliphatic carbocycles. The first kappa shape index (κ1) is 12.8. The fraction of sp³-hybridized carbons (Fsp3) is 0.0833. The zero-order valence-corrected chi connectivity index (χ0v) is 10.7. The molecular formula is C12H10Cl2N2O2. The summed E-state index contributed by atoms with van der Waals surface area (Å²) in [4.78, 5) is 14.4. The smallest absolute Gasteiger partial charge is 0.268 e. The van der Waals surface area contributed by atoms with Crippen LogP contribution in [0.25, 0.3) is 0 Å². The van der Waals surface area contributed by atoms with Gasteiger partial charge in [-0.15, -0.1) is 0 Å². The van der Waals surface area contributed by atoms with Crippen molar-refractivity contribution in [3.8, 4) is 5.75 Å². The third-order valence-corrected chi connectivity index (χ3v) is 3.05. The number of nitrogens with one attached hydrogen (secondary N) is 2. The molecule has 0 aliphatic rings. The van der Waals surface area contributed by atoms with Gasteiger partial charge in [0.1, 0.15) is 16.6 Å². The number of aromatic nitrogens is 1. The molecule has 0 saturated carbocycles. The summed E-state index contributed by atoms with van der Waals surface area (Å²) in [6.45, 7) is 0.355. The highest BCUT2D eigenvalue weighted by molar-refractivity contribution is 6.41. The Morgan fingerprint density at radius 2 is 1.94 bits per heavy atom. The van der Waals surface area contributed by atoms with Gasteiger partial charge in [-0.1, -0.05) is 35.3 Å². The van der Waals surface area contributed by atoms with Crippen LogP contribution >= 0.6 is 23.2 Å². The van der Waals surface area contributed by atoms with Gasteiger partial charge in [-0.2, -0.15) is 0 Å². The molecule has 0 aliphatic heterocycles. The minimum atomic E-state index is -0.295. The first-order chi connectivity index (χ1) is 8.56. The normalized spacial score (nSPS) is 10.3. The third-order valence-electron chi connectivity index (χ3n) is 2.36. The SMILES string of the molecule is O=C(NCc1ccc(O)cc1)c1cc(Cl)c(Cl)[nH]1. The number of carbonyl (C=O) groups excluding carboxylic acids is 1. The number of halogens is 2. The summed E-state index contributed by atoms with van der Waals surface area (Å²) in [5.41, 5.74) is 1.19. The van der Waals surface area contributed by atoms with E-state index >= 15 is 0 Å². The lowest BCUT2D eigenvalue weighted by Crippen LogP contribution is -2.22. The number of amides is 1. The number of H-pyrrole nitrogens is 1. The fourth-order valence-electron chi connectivity index (χ4n) is 1.42. The van der Waals surface area contributed by atoms with E-state index in [2.05, 4.69) is 10.3 Å². The third kappa shape index (κ3) is 2.97. The highest BCUT2D eigenvalue weighted by atomic mass is 35.5. The molecule has 1 heterocycles. The maximum absolute atomic E-state index is 11.7. The van der Waals surface area contributed by atoms with Crippen LogP contribution in [0.3, 0.4) is 0 Å². The van der Waals surface area contributed by atoms with Gasteiger partial charge in [0.15, 0.2) is 0 Å². The number of carbonyl (C=O) groups is 1. The molecule has 6 heteroatoms. The molecule has 1 aromatic carbocycles. The number of hydrogen-bond donors (Lipinski definition) is 3. The Kier molecular flexibility index (Phi) is 3.79. The molecule has 0 unspecified atom stereocenters. The largest absolute Gasteiger partial charge is 0.508 e. The van der Waals surface area contributed by atoms with Crippen LogP contribution in [0.1, 0.15) is 16.1 Å². The Labute approximate surface area is 114 Å². The Hall–Kier alpha value is -1.65. The lowest BCUT2D eigenvalue weighted by atomic mass is 10.2. The molecule has 1 aromatic heterocycles. The van der Waals surface area contributed by atoms with Gasteiger partial charge in [0.25, 0.3) is 5.91 Å². The molecule has 0 radical (unpaired) electrons. The number of hydrogen-bond acceptors (Lipinski definition) is 2. The average Bonchev–Trinajstić information content (AvgIpc) is 2.69. The van der Waals surface area contributed by atoms with Crippen molar-refractivity contribution < 1.29 is 9.90 Å². The molecule has 4 nitrogen and oxygen atoms in total. The van der Waals surface area contributed by atoms with E-state index in [1.807, 2.05) is 0 Å². The van der Waals surface area contributed by atoms with E-state index in [-0.39, 0.29) is 16.8 Å². The lowest BCUT2D eigenvalue weighted by Gasteiger charge is -2.04. The van der Waals surface area contributed by atoms with E-state index in [0.717, 1.165) is 5.56 Å². The summed E-state index contributed by atoms with van der Waals surface area (Å²) in [5, 5.41) is 12.4. The van der Waals surface area contributed by atoms with E-state index in [1.165, 1.54) is 6.07 Å². The molecule has 2 aromatic rings. The van der Waals surface area contributed by atoms with E-state index in [9.17, 15) is 4.79 Å². The Balaban J connectivity index is 1.98. The Morgan fingerprint density at radius 3 is 2.50 bits per heavy atom. The predicted molar refractivity (Wildman–Crippen MR) is 70.1 cm³/mol. The highest BCUT2D eigenvalue weighted by Crippen LogP contribution is 2.21. The van der Waals surface area contributed by atoms with Crippen molar-refractivity contribution in [2.75, 3.05) is 0 Å². The van der Waals surface area contributed by atoms with Crippen molar-refractivity contribution >= 4 is 29.1 Å². The Morgan fingerprint density at radius 1 is 1.28 bits per heavy atom. The van der Waals surface area contributed by atoms with Crippen molar-refractivity contribution in [2.45, 2.75) is 6.54 Å². The van der Waals surface area contributed by atoms with Crippen LogP contribution in [-0.2, 0) is 6.54 Å². The quantitative estimate of drug-likeness (QED) is 0.811. The second-order valence-corrected chi connectivity index (χ2v) is 4.48. The van der Waals surface area contributed by atoms with Gasteiger partial charge in [0, 0.05) is 6.54 Å². The zero-order chi connectivity index (χ0) is 13.1. The molecular weight excluding hydrogens is 275 g/mol. The first-order valence-corrected chi connectivity index (χ1v) is 5.92. The molecule has 0 fully saturated rings. The van der Waals surface area contributed by atoms with Crippen LogP contribution in [0.2, 0.25) is 10.2 Å². The van der Waals surface area contributed by atoms with Gasteiger partial charge in [-0.3, -0.25) is 4.79 Å². The van der Waals surface area contributed by atoms with Crippen LogP contribution in [0.4, 0.5) is 0 Å². The van der Waals surface area contributed by atoms with Gasteiger partial charge < -0.3 is 15.4 Å². The van der Waals surface area contributed by atoms with Gasteiger partial charge in [-0.25, -0.2) is 0 Å². The summed E-state index contributed by atoms with van der Waals surface area (Å²) >= 11 is 11.4. The maximum atomic E-state index is 11.7. The number of phenolic OH excluding ortho intramolecular Hbond substituents is 1. The lowest BCUT2D eigenvalue weighted by molar-refractivity contribution is 0.0946. The topological polar surface area (TPSA) is 65.1 Å². The number of phenols is 1. The molecule has 94 valence electrons. The number of aromatic hydroxyl groups is 1. The minimum absolute atomic E-state index is 0.188. The molecule has 0 atom stereocenters. The predicted octanol–water partition coefficient (Wildman–Crippen LogP) is 2.96. The van der Waals surface area contributed by atoms with E-state index in [4.69, 9.17) is 28.3 Å². The van der Waals surface area contributed by atoms with Crippen LogP contribution in [0.15, 0.2) is 30.3 Å². The van der Waals surface area contributed by atoms with Crippen LogP contribution in [0.5, 0.6) is 5.75 Å². The van der Waals surface area contributed by atoms with Crippen LogP contribution < -0.4 is 5.32 Å². The maximum Gasteiger partial charge on any atom is 0.268 e. The van der Waals surface area contributed by atoms with E-state index < -0.39 is 0 Å². The second-order valence-electron chi connectivity index (χ2n) is 3.69. The van der Waals surface area contributed by atoms with Gasteiger partial charge in [0.2, 0.25) is 0 Å². The van der Waals surface area contributed by atoms with Crippen molar-refractivity contribution in [1.29, 1.82) is 0 Å². The van der Waals surface area contributed by atoms with Gasteiger partial charge in [0.05, 0.1) is 5.02 Å². The Bertz CT molecular complexity index is 544. The number of aromatic amines is 1. The van der Waals surface area contributed by atoms with Crippen LogP contribution in [-0.4, -0.2) is 16.0 Å². The molecule has 1 amide bonds.